The number of aliphatic hydroxyl groups is 2. The molecular formula is C12H13ClFN3O4. The van der Waals surface area contributed by atoms with E-state index in [9.17, 15) is 19.4 Å². The van der Waals surface area contributed by atoms with Crippen LogP contribution in [0.25, 0.3) is 0 Å². The highest BCUT2D eigenvalue weighted by Crippen LogP contribution is 2.42. The van der Waals surface area contributed by atoms with Gasteiger partial charge in [-0.3, -0.25) is 4.57 Å². The molecule has 2 rings (SSSR count). The zero-order valence-corrected chi connectivity index (χ0v) is 11.5. The van der Waals surface area contributed by atoms with Crippen molar-refractivity contribution >= 4 is 17.4 Å². The Labute approximate surface area is 124 Å². The molecule has 1 aromatic heterocycles. The zero-order chi connectivity index (χ0) is 15.6. The van der Waals surface area contributed by atoms with Gasteiger partial charge >= 0.3 is 5.69 Å². The maximum absolute atomic E-state index is 12.3. The minimum atomic E-state index is -1.79. The van der Waals surface area contributed by atoms with Gasteiger partial charge in [-0.2, -0.15) is 4.98 Å². The van der Waals surface area contributed by atoms with Gasteiger partial charge in [0.2, 0.25) is 0 Å². The summed E-state index contributed by atoms with van der Waals surface area (Å²) < 4.78 is 18.6. The van der Waals surface area contributed by atoms with Crippen LogP contribution < -0.4 is 11.4 Å². The lowest BCUT2D eigenvalue weighted by molar-refractivity contribution is -0.0464. The minimum absolute atomic E-state index is 0.00326. The monoisotopic (exact) mass is 317 g/mol. The van der Waals surface area contributed by atoms with Crippen LogP contribution in [0.5, 0.6) is 0 Å². The van der Waals surface area contributed by atoms with E-state index >= 15 is 0 Å². The topological polar surface area (TPSA) is 111 Å². The third-order valence-corrected chi connectivity index (χ3v) is 3.58. The zero-order valence-electron chi connectivity index (χ0n) is 10.7. The van der Waals surface area contributed by atoms with Crippen molar-refractivity contribution in [3.05, 3.63) is 22.7 Å². The van der Waals surface area contributed by atoms with E-state index in [1.54, 1.807) is 0 Å². The fraction of sp³-hybridized carbons (Fsp3) is 0.500. The molecule has 114 valence electrons. The normalized spacial score (nSPS) is 31.7. The Morgan fingerprint density at radius 2 is 2.38 bits per heavy atom. The fourth-order valence-electron chi connectivity index (χ4n) is 2.08. The predicted molar refractivity (Wildman–Crippen MR) is 72.2 cm³/mol. The number of aromatic nitrogens is 2. The lowest BCUT2D eigenvalue weighted by Crippen LogP contribution is -2.43. The molecule has 0 aliphatic carbocycles. The van der Waals surface area contributed by atoms with Crippen molar-refractivity contribution in [1.82, 2.24) is 9.55 Å². The van der Waals surface area contributed by atoms with Gasteiger partial charge in [-0.25, -0.2) is 9.18 Å². The van der Waals surface area contributed by atoms with Crippen LogP contribution in [0.3, 0.4) is 0 Å². The van der Waals surface area contributed by atoms with Gasteiger partial charge in [-0.1, -0.05) is 23.4 Å². The van der Waals surface area contributed by atoms with E-state index in [1.165, 1.54) is 12.3 Å². The SMILES string of the molecule is Nc1ccn(C2OC(CO)C(O)C2(Cl)C#CCF)c(=O)n1. The van der Waals surface area contributed by atoms with Crippen LogP contribution in [0.15, 0.2) is 17.1 Å². The van der Waals surface area contributed by atoms with E-state index < -0.39 is 42.3 Å². The highest BCUT2D eigenvalue weighted by atomic mass is 35.5. The number of nitrogens with two attached hydrogens (primary N) is 1. The number of hydrogen-bond acceptors (Lipinski definition) is 6. The van der Waals surface area contributed by atoms with Gasteiger partial charge < -0.3 is 20.7 Å². The maximum Gasteiger partial charge on any atom is 0.351 e. The second-order valence-corrected chi connectivity index (χ2v) is 5.03. The summed E-state index contributed by atoms with van der Waals surface area (Å²) in [7, 11) is 0. The average Bonchev–Trinajstić information content (AvgIpc) is 2.70. The van der Waals surface area contributed by atoms with Crippen molar-refractivity contribution < 1.29 is 19.3 Å². The van der Waals surface area contributed by atoms with Gasteiger partial charge in [0.1, 0.15) is 24.7 Å². The molecule has 0 bridgehead atoms. The molecule has 0 radical (unpaired) electrons. The summed E-state index contributed by atoms with van der Waals surface area (Å²) in [4.78, 5) is 13.6. The minimum Gasteiger partial charge on any atom is -0.394 e. The third kappa shape index (κ3) is 2.73. The Morgan fingerprint density at radius 3 is 2.95 bits per heavy atom. The van der Waals surface area contributed by atoms with E-state index in [4.69, 9.17) is 22.1 Å². The summed E-state index contributed by atoms with van der Waals surface area (Å²) in [5.41, 5.74) is 4.62. The lowest BCUT2D eigenvalue weighted by atomic mass is 9.99. The molecule has 4 N–H and O–H groups in total. The summed E-state index contributed by atoms with van der Waals surface area (Å²) in [5, 5.41) is 19.3. The Morgan fingerprint density at radius 1 is 1.67 bits per heavy atom. The molecule has 21 heavy (non-hydrogen) atoms. The summed E-state index contributed by atoms with van der Waals surface area (Å²) >= 11 is 6.24. The van der Waals surface area contributed by atoms with Gasteiger partial charge in [-0.15, -0.1) is 0 Å². The standard InChI is InChI=1S/C12H13ClFN3O4/c13-12(3-1-4-14)9(19)7(6-18)21-10(12)17-5-2-8(15)16-11(17)20/h2,5,7,9-10,18-19H,4,6H2,(H2,15,16,20). The van der Waals surface area contributed by atoms with Crippen LogP contribution in [-0.4, -0.2) is 50.1 Å². The molecule has 7 nitrogen and oxygen atoms in total. The number of aliphatic hydroxyl groups excluding tert-OH is 2. The molecule has 9 heteroatoms. The Kier molecular flexibility index (Phi) is 4.49. The van der Waals surface area contributed by atoms with Crippen molar-refractivity contribution in [2.45, 2.75) is 23.3 Å². The first-order valence-corrected chi connectivity index (χ1v) is 6.35. The Hall–Kier alpha value is -1.66. The number of halogens is 2. The van der Waals surface area contributed by atoms with Crippen molar-refractivity contribution in [2.24, 2.45) is 0 Å². The molecule has 0 saturated carbocycles. The summed E-state index contributed by atoms with van der Waals surface area (Å²) in [5.74, 6) is 4.46. The number of ether oxygens (including phenoxy) is 1. The molecular weight excluding hydrogens is 305 g/mol. The van der Waals surface area contributed by atoms with Crippen LogP contribution >= 0.6 is 11.6 Å². The van der Waals surface area contributed by atoms with Gasteiger partial charge in [0.05, 0.1) is 6.61 Å². The first-order valence-electron chi connectivity index (χ1n) is 5.98. The second kappa shape index (κ2) is 5.99. The number of nitrogen functional groups attached to an aromatic ring is 1. The predicted octanol–water partition coefficient (Wildman–Crippen LogP) is -0.973. The van der Waals surface area contributed by atoms with E-state index in [1.807, 2.05) is 0 Å². The lowest BCUT2D eigenvalue weighted by Gasteiger charge is -2.25. The molecule has 1 aromatic rings. The van der Waals surface area contributed by atoms with E-state index in [2.05, 4.69) is 16.8 Å². The van der Waals surface area contributed by atoms with Gasteiger partial charge in [-0.05, 0) is 6.07 Å². The first-order chi connectivity index (χ1) is 9.93. The number of alkyl halides is 2. The van der Waals surface area contributed by atoms with Crippen molar-refractivity contribution in [3.8, 4) is 11.8 Å². The van der Waals surface area contributed by atoms with Crippen LogP contribution in [0.4, 0.5) is 10.2 Å². The van der Waals surface area contributed by atoms with Crippen molar-refractivity contribution in [3.63, 3.8) is 0 Å². The average molecular weight is 318 g/mol. The summed E-state index contributed by atoms with van der Waals surface area (Å²) in [6.45, 7) is -1.52. The smallest absolute Gasteiger partial charge is 0.351 e. The Bertz CT molecular complexity index is 643. The molecule has 1 saturated heterocycles. The molecule has 0 aromatic carbocycles. The van der Waals surface area contributed by atoms with Crippen LogP contribution in [0.1, 0.15) is 6.23 Å². The fourth-order valence-corrected chi connectivity index (χ4v) is 2.44. The number of hydrogen-bond donors (Lipinski definition) is 3. The molecule has 2 heterocycles. The van der Waals surface area contributed by atoms with Gasteiger partial charge in [0, 0.05) is 6.20 Å². The Balaban J connectivity index is 2.51. The van der Waals surface area contributed by atoms with Gasteiger partial charge in [0.15, 0.2) is 11.1 Å². The van der Waals surface area contributed by atoms with Crippen molar-refractivity contribution in [1.29, 1.82) is 0 Å². The molecule has 1 aliphatic rings. The molecule has 0 amide bonds. The molecule has 4 unspecified atom stereocenters. The summed E-state index contributed by atoms with van der Waals surface area (Å²) in [6, 6.07) is 1.34. The third-order valence-electron chi connectivity index (χ3n) is 3.08. The number of anilines is 1. The second-order valence-electron chi connectivity index (χ2n) is 4.40. The largest absolute Gasteiger partial charge is 0.394 e. The maximum atomic E-state index is 12.3. The first kappa shape index (κ1) is 15.7. The van der Waals surface area contributed by atoms with Crippen LogP contribution in [0, 0.1) is 11.8 Å². The van der Waals surface area contributed by atoms with E-state index in [-0.39, 0.29) is 5.82 Å². The highest BCUT2D eigenvalue weighted by Gasteiger charge is 2.55. The molecule has 0 spiro atoms. The van der Waals surface area contributed by atoms with Crippen LogP contribution in [-0.2, 0) is 4.74 Å². The summed E-state index contributed by atoms with van der Waals surface area (Å²) in [6.07, 6.45) is -2.45. The number of rotatable bonds is 2. The molecule has 1 aliphatic heterocycles. The molecule has 4 atom stereocenters. The number of nitrogens with zero attached hydrogens (tertiary/aromatic N) is 2. The van der Waals surface area contributed by atoms with Crippen LogP contribution in [0.2, 0.25) is 0 Å². The van der Waals surface area contributed by atoms with E-state index in [0.29, 0.717) is 0 Å². The molecule has 1 fully saturated rings. The highest BCUT2D eigenvalue weighted by molar-refractivity contribution is 6.27. The quantitative estimate of drug-likeness (QED) is 0.478. The van der Waals surface area contributed by atoms with E-state index in [0.717, 1.165) is 4.57 Å². The van der Waals surface area contributed by atoms with Crippen molar-refractivity contribution in [2.75, 3.05) is 19.0 Å². The van der Waals surface area contributed by atoms with Gasteiger partial charge in [0.25, 0.3) is 0 Å².